The number of aromatic nitrogens is 1. The lowest BCUT2D eigenvalue weighted by Crippen LogP contribution is -2.29. The summed E-state index contributed by atoms with van der Waals surface area (Å²) in [5, 5.41) is 0. The molecule has 1 heterocycles. The summed E-state index contributed by atoms with van der Waals surface area (Å²) in [7, 11) is -3.62. The molecule has 4 aromatic rings. The van der Waals surface area contributed by atoms with Gasteiger partial charge >= 0.3 is 0 Å². The highest BCUT2D eigenvalue weighted by Gasteiger charge is 2.22. The van der Waals surface area contributed by atoms with Crippen LogP contribution in [-0.2, 0) is 16.6 Å². The summed E-state index contributed by atoms with van der Waals surface area (Å²) < 4.78 is 36.5. The van der Waals surface area contributed by atoms with Crippen molar-refractivity contribution in [1.82, 2.24) is 9.71 Å². The molecule has 1 saturated carbocycles. The topological polar surface area (TPSA) is 94.6 Å². The first-order chi connectivity index (χ1) is 18.3. The molecule has 1 fully saturated rings. The van der Waals surface area contributed by atoms with Crippen LogP contribution >= 0.6 is 0 Å². The second-order valence-corrected chi connectivity index (χ2v) is 11.2. The SMILES string of the molecule is CS(=O)(=O)NC(=O)c1ccc(COc2cc(-c3ccccc3)cc(-c3ccc(OCC4CC4)nc3)c2)cc1. The zero-order valence-corrected chi connectivity index (χ0v) is 21.8. The Balaban J connectivity index is 1.34. The molecular formula is C30H28N2O5S. The molecular weight excluding hydrogens is 500 g/mol. The normalized spacial score (nSPS) is 13.1. The maximum atomic E-state index is 12.1. The smallest absolute Gasteiger partial charge is 0.264 e. The maximum Gasteiger partial charge on any atom is 0.264 e. The molecule has 38 heavy (non-hydrogen) atoms. The van der Waals surface area contributed by atoms with Gasteiger partial charge < -0.3 is 9.47 Å². The zero-order valence-electron chi connectivity index (χ0n) is 21.0. The fourth-order valence-corrected chi connectivity index (χ4v) is 4.37. The molecule has 5 rings (SSSR count). The number of sulfonamides is 1. The van der Waals surface area contributed by atoms with E-state index < -0.39 is 15.9 Å². The highest BCUT2D eigenvalue weighted by molar-refractivity contribution is 7.89. The van der Waals surface area contributed by atoms with Gasteiger partial charge in [0.2, 0.25) is 15.9 Å². The van der Waals surface area contributed by atoms with E-state index in [0.717, 1.165) is 40.7 Å². The fraction of sp³-hybridized carbons (Fsp3) is 0.200. The number of amides is 1. The van der Waals surface area contributed by atoms with E-state index in [1.807, 2.05) is 53.4 Å². The Morgan fingerprint density at radius 1 is 0.868 bits per heavy atom. The van der Waals surface area contributed by atoms with Crippen molar-refractivity contribution in [2.75, 3.05) is 12.9 Å². The Morgan fingerprint density at radius 3 is 2.21 bits per heavy atom. The zero-order chi connectivity index (χ0) is 26.5. The summed E-state index contributed by atoms with van der Waals surface area (Å²) in [6, 6.07) is 26.7. The lowest BCUT2D eigenvalue weighted by Gasteiger charge is -2.13. The quantitative estimate of drug-likeness (QED) is 0.293. The Kier molecular flexibility index (Phi) is 7.42. The number of nitrogens with one attached hydrogen (secondary N) is 1. The second-order valence-electron chi connectivity index (χ2n) is 9.44. The predicted octanol–water partition coefficient (Wildman–Crippen LogP) is 5.47. The average molecular weight is 529 g/mol. The highest BCUT2D eigenvalue weighted by atomic mass is 32.2. The van der Waals surface area contributed by atoms with Crippen LogP contribution in [0, 0.1) is 5.92 Å². The van der Waals surface area contributed by atoms with Crippen molar-refractivity contribution in [3.63, 3.8) is 0 Å². The van der Waals surface area contributed by atoms with Gasteiger partial charge in [-0.3, -0.25) is 4.79 Å². The van der Waals surface area contributed by atoms with Crippen LogP contribution in [0.25, 0.3) is 22.3 Å². The molecule has 3 aromatic carbocycles. The molecule has 1 aliphatic rings. The molecule has 0 aliphatic heterocycles. The largest absolute Gasteiger partial charge is 0.489 e. The highest BCUT2D eigenvalue weighted by Crippen LogP contribution is 2.33. The minimum absolute atomic E-state index is 0.254. The number of benzene rings is 3. The lowest BCUT2D eigenvalue weighted by atomic mass is 9.99. The van der Waals surface area contributed by atoms with Gasteiger partial charge in [-0.15, -0.1) is 0 Å². The van der Waals surface area contributed by atoms with Gasteiger partial charge in [0.1, 0.15) is 12.4 Å². The first-order valence-electron chi connectivity index (χ1n) is 12.4. The molecule has 194 valence electrons. The number of carbonyl (C=O) groups is 1. The summed E-state index contributed by atoms with van der Waals surface area (Å²) >= 11 is 0. The molecule has 0 radical (unpaired) electrons. The minimum Gasteiger partial charge on any atom is -0.489 e. The van der Waals surface area contributed by atoms with E-state index in [9.17, 15) is 13.2 Å². The third kappa shape index (κ3) is 6.98. The number of hydrogen-bond donors (Lipinski definition) is 1. The van der Waals surface area contributed by atoms with Crippen LogP contribution < -0.4 is 14.2 Å². The number of nitrogens with zero attached hydrogens (tertiary/aromatic N) is 1. The second kappa shape index (κ2) is 11.1. The summed E-state index contributed by atoms with van der Waals surface area (Å²) in [5.41, 5.74) is 5.09. The standard InChI is InChI=1S/C30H28N2O5S/c1-38(34,35)32-30(33)24-11-9-22(10-12-24)19-36-28-16-26(23-5-3-2-4-6-23)15-27(17-28)25-13-14-29(31-18-25)37-20-21-7-8-21/h2-6,9-18,21H,7-8,19-20H2,1H3,(H,32,33). The summed E-state index contributed by atoms with van der Waals surface area (Å²) in [4.78, 5) is 16.5. The molecule has 0 unspecified atom stereocenters. The minimum atomic E-state index is -3.62. The maximum absolute atomic E-state index is 12.1. The Bertz CT molecular complexity index is 1520. The van der Waals surface area contributed by atoms with E-state index >= 15 is 0 Å². The first-order valence-corrected chi connectivity index (χ1v) is 14.3. The molecule has 0 bridgehead atoms. The third-order valence-corrected chi connectivity index (χ3v) is 6.70. The van der Waals surface area contributed by atoms with Crippen molar-refractivity contribution in [1.29, 1.82) is 0 Å². The van der Waals surface area contributed by atoms with Crippen molar-refractivity contribution < 1.29 is 22.7 Å². The molecule has 0 spiro atoms. The molecule has 1 aliphatic carbocycles. The lowest BCUT2D eigenvalue weighted by molar-refractivity contribution is 0.0981. The number of rotatable bonds is 10. The van der Waals surface area contributed by atoms with Crippen molar-refractivity contribution >= 4 is 15.9 Å². The van der Waals surface area contributed by atoms with Crippen LogP contribution in [0.3, 0.4) is 0 Å². The van der Waals surface area contributed by atoms with E-state index in [1.54, 1.807) is 24.3 Å². The molecule has 1 amide bonds. The first kappa shape index (κ1) is 25.5. The van der Waals surface area contributed by atoms with Gasteiger partial charge in [0.15, 0.2) is 0 Å². The molecule has 7 nitrogen and oxygen atoms in total. The van der Waals surface area contributed by atoms with E-state index in [2.05, 4.69) is 23.2 Å². The number of hydrogen-bond acceptors (Lipinski definition) is 6. The van der Waals surface area contributed by atoms with Crippen molar-refractivity contribution in [2.45, 2.75) is 19.4 Å². The van der Waals surface area contributed by atoms with Gasteiger partial charge in [-0.05, 0) is 77.4 Å². The Hall–Kier alpha value is -4.17. The van der Waals surface area contributed by atoms with Gasteiger partial charge in [-0.1, -0.05) is 42.5 Å². The van der Waals surface area contributed by atoms with E-state index in [1.165, 1.54) is 12.8 Å². The van der Waals surface area contributed by atoms with Crippen molar-refractivity contribution in [2.24, 2.45) is 5.92 Å². The van der Waals surface area contributed by atoms with Crippen LogP contribution in [-0.4, -0.2) is 32.2 Å². The number of ether oxygens (including phenoxy) is 2. The van der Waals surface area contributed by atoms with Crippen LogP contribution in [0.4, 0.5) is 0 Å². The molecule has 1 aromatic heterocycles. The third-order valence-electron chi connectivity index (χ3n) is 6.15. The Morgan fingerprint density at radius 2 is 1.58 bits per heavy atom. The van der Waals surface area contributed by atoms with Crippen LogP contribution in [0.5, 0.6) is 11.6 Å². The Labute approximate surface area is 222 Å². The van der Waals surface area contributed by atoms with Crippen LogP contribution in [0.15, 0.2) is 91.1 Å². The van der Waals surface area contributed by atoms with Gasteiger partial charge in [-0.2, -0.15) is 0 Å². The summed E-state index contributed by atoms with van der Waals surface area (Å²) in [6.07, 6.45) is 5.22. The van der Waals surface area contributed by atoms with Gasteiger partial charge in [0.05, 0.1) is 12.9 Å². The molecule has 0 saturated heterocycles. The number of pyridine rings is 1. The molecule has 8 heteroatoms. The van der Waals surface area contributed by atoms with Gasteiger partial charge in [0, 0.05) is 23.4 Å². The van der Waals surface area contributed by atoms with E-state index in [4.69, 9.17) is 9.47 Å². The van der Waals surface area contributed by atoms with Crippen LogP contribution in [0.1, 0.15) is 28.8 Å². The molecule has 1 N–H and O–H groups in total. The van der Waals surface area contributed by atoms with E-state index in [-0.39, 0.29) is 12.2 Å². The van der Waals surface area contributed by atoms with E-state index in [0.29, 0.717) is 17.5 Å². The molecule has 0 atom stereocenters. The van der Waals surface area contributed by atoms with Gasteiger partial charge in [0.25, 0.3) is 5.91 Å². The van der Waals surface area contributed by atoms with Crippen molar-refractivity contribution in [3.05, 3.63) is 102 Å². The number of carbonyl (C=O) groups excluding carboxylic acids is 1. The average Bonchev–Trinajstić information content (AvgIpc) is 3.75. The van der Waals surface area contributed by atoms with Crippen molar-refractivity contribution in [3.8, 4) is 33.9 Å². The van der Waals surface area contributed by atoms with Gasteiger partial charge in [-0.25, -0.2) is 18.1 Å². The predicted molar refractivity (Wildman–Crippen MR) is 146 cm³/mol. The fourth-order valence-electron chi connectivity index (χ4n) is 3.92. The van der Waals surface area contributed by atoms with Crippen LogP contribution in [0.2, 0.25) is 0 Å². The monoisotopic (exact) mass is 528 g/mol. The summed E-state index contributed by atoms with van der Waals surface area (Å²) in [5.74, 6) is 1.32. The summed E-state index contributed by atoms with van der Waals surface area (Å²) in [6.45, 7) is 0.995.